The van der Waals surface area contributed by atoms with Crippen molar-refractivity contribution in [1.29, 1.82) is 0 Å². The number of nitrogens with zero attached hydrogens (tertiary/aromatic N) is 1. The van der Waals surface area contributed by atoms with Crippen molar-refractivity contribution in [2.45, 2.75) is 25.3 Å². The molecule has 1 aromatic carbocycles. The molecule has 0 unspecified atom stereocenters. The normalized spacial score (nSPS) is 13.5. The zero-order chi connectivity index (χ0) is 17.0. The van der Waals surface area contributed by atoms with Crippen molar-refractivity contribution in [2.75, 3.05) is 13.2 Å². The molecule has 0 aliphatic carbocycles. The number of rotatable bonds is 7. The number of aromatic nitrogens is 2. The molecule has 2 N–H and O–H groups in total. The molecule has 0 radical (unpaired) electrons. The number of hydrogen-bond acceptors (Lipinski definition) is 3. The van der Waals surface area contributed by atoms with Gasteiger partial charge < -0.3 is 15.0 Å². The molecule has 1 atom stereocenters. The Morgan fingerprint density at radius 3 is 2.74 bits per heavy atom. The van der Waals surface area contributed by atoms with Crippen molar-refractivity contribution in [3.63, 3.8) is 0 Å². The number of para-hydroxylation sites is 2. The lowest BCUT2D eigenvalue weighted by molar-refractivity contribution is -0.168. The second-order valence-electron chi connectivity index (χ2n) is 4.98. The Morgan fingerprint density at radius 2 is 2.09 bits per heavy atom. The number of ether oxygens (including phenoxy) is 1. The van der Waals surface area contributed by atoms with E-state index < -0.39 is 37.5 Å². The molecule has 0 spiro atoms. The second kappa shape index (κ2) is 6.95. The molecule has 1 aromatic heterocycles. The predicted octanol–water partition coefficient (Wildman–Crippen LogP) is 2.66. The van der Waals surface area contributed by atoms with Gasteiger partial charge in [0.1, 0.15) is 19.0 Å². The summed E-state index contributed by atoms with van der Waals surface area (Å²) in [4.78, 5) is 18.9. The fourth-order valence-electron chi connectivity index (χ4n) is 1.87. The minimum absolute atomic E-state index is 0.484. The number of amides is 1. The number of halogens is 4. The van der Waals surface area contributed by atoms with E-state index in [1.807, 2.05) is 18.2 Å². The number of alkyl halides is 4. The van der Waals surface area contributed by atoms with Gasteiger partial charge in [0.15, 0.2) is 0 Å². The number of fused-ring (bicyclic) bond motifs is 1. The first-order chi connectivity index (χ1) is 10.8. The summed E-state index contributed by atoms with van der Waals surface area (Å²) in [5.74, 6) is -4.49. The third kappa shape index (κ3) is 4.41. The lowest BCUT2D eigenvalue weighted by Gasteiger charge is -2.16. The van der Waals surface area contributed by atoms with Crippen molar-refractivity contribution >= 4 is 16.9 Å². The summed E-state index contributed by atoms with van der Waals surface area (Å²) in [5, 5.41) is 2.48. The molecule has 0 aliphatic rings. The maximum absolute atomic E-state index is 12.6. The molecule has 0 saturated heterocycles. The summed E-state index contributed by atoms with van der Waals surface area (Å²) in [7, 11) is 0. The van der Waals surface area contributed by atoms with E-state index in [9.17, 15) is 22.4 Å². The molecule has 0 saturated carbocycles. The number of benzene rings is 1. The average Bonchev–Trinajstić information content (AvgIpc) is 2.90. The van der Waals surface area contributed by atoms with E-state index in [1.54, 1.807) is 13.0 Å². The molecule has 0 bridgehead atoms. The Labute approximate surface area is 129 Å². The van der Waals surface area contributed by atoms with E-state index >= 15 is 0 Å². The number of aromatic amines is 1. The second-order valence-corrected chi connectivity index (χ2v) is 4.98. The van der Waals surface area contributed by atoms with Crippen molar-refractivity contribution in [3.05, 3.63) is 30.1 Å². The van der Waals surface area contributed by atoms with Crippen LogP contribution in [0.1, 0.15) is 18.8 Å². The van der Waals surface area contributed by atoms with Gasteiger partial charge in [-0.2, -0.15) is 8.78 Å². The summed E-state index contributed by atoms with van der Waals surface area (Å²) in [5.41, 5.74) is 1.51. The van der Waals surface area contributed by atoms with Crippen LogP contribution < -0.4 is 5.32 Å². The molecular formula is C14H15F4N3O2. The first kappa shape index (κ1) is 17.2. The van der Waals surface area contributed by atoms with E-state index in [-0.39, 0.29) is 0 Å². The zero-order valence-electron chi connectivity index (χ0n) is 12.2. The van der Waals surface area contributed by atoms with Crippen LogP contribution in [0.3, 0.4) is 0 Å². The topological polar surface area (TPSA) is 67.0 Å². The number of carbonyl (C=O) groups is 1. The molecular weight excluding hydrogens is 318 g/mol. The van der Waals surface area contributed by atoms with Gasteiger partial charge in [-0.15, -0.1) is 0 Å². The highest BCUT2D eigenvalue weighted by atomic mass is 19.3. The monoisotopic (exact) mass is 333 g/mol. The third-order valence-electron chi connectivity index (χ3n) is 3.04. The summed E-state index contributed by atoms with van der Waals surface area (Å²) in [6.07, 6.45) is -3.83. The van der Waals surface area contributed by atoms with Gasteiger partial charge in [-0.25, -0.2) is 13.8 Å². The van der Waals surface area contributed by atoms with Crippen molar-refractivity contribution < 1.29 is 27.1 Å². The third-order valence-corrected chi connectivity index (χ3v) is 3.04. The Morgan fingerprint density at radius 1 is 1.39 bits per heavy atom. The zero-order valence-corrected chi connectivity index (χ0v) is 12.2. The van der Waals surface area contributed by atoms with Gasteiger partial charge in [0.25, 0.3) is 0 Å². The van der Waals surface area contributed by atoms with Gasteiger partial charge in [-0.3, -0.25) is 4.79 Å². The van der Waals surface area contributed by atoms with Gasteiger partial charge in [-0.1, -0.05) is 12.1 Å². The highest BCUT2D eigenvalue weighted by molar-refractivity contribution is 5.78. The molecule has 5 nitrogen and oxygen atoms in total. The Balaban J connectivity index is 1.85. The van der Waals surface area contributed by atoms with E-state index in [1.165, 1.54) is 0 Å². The van der Waals surface area contributed by atoms with Gasteiger partial charge in [0.05, 0.1) is 17.1 Å². The molecule has 23 heavy (non-hydrogen) atoms. The lowest BCUT2D eigenvalue weighted by atomic mass is 10.3. The van der Waals surface area contributed by atoms with Crippen LogP contribution in [0.15, 0.2) is 24.3 Å². The largest absolute Gasteiger partial charge is 0.365 e. The van der Waals surface area contributed by atoms with E-state index in [4.69, 9.17) is 0 Å². The minimum Gasteiger partial charge on any atom is -0.365 e. The maximum atomic E-state index is 12.6. The standard InChI is InChI=1S/C14H15F4N3O2/c1-8(12-20-9-4-2-3-5-10(9)21-12)19-11(22)6-23-7-14(17,18)13(15)16/h2-5,8,13H,6-7H2,1H3,(H,19,22)(H,20,21)/t8-/m0/s1. The first-order valence-corrected chi connectivity index (χ1v) is 6.77. The predicted molar refractivity (Wildman–Crippen MR) is 74.4 cm³/mol. The Bertz CT molecular complexity index is 642. The number of imidazole rings is 1. The molecule has 1 heterocycles. The Kier molecular flexibility index (Phi) is 5.19. The SMILES string of the molecule is C[C@H](NC(=O)COCC(F)(F)C(F)F)c1nc2ccccc2[nH]1. The summed E-state index contributed by atoms with van der Waals surface area (Å²) < 4.78 is 53.4. The fraction of sp³-hybridized carbons (Fsp3) is 0.429. The summed E-state index contributed by atoms with van der Waals surface area (Å²) in [6.45, 7) is -0.618. The summed E-state index contributed by atoms with van der Waals surface area (Å²) >= 11 is 0. The highest BCUT2D eigenvalue weighted by Crippen LogP contribution is 2.22. The number of carbonyl (C=O) groups excluding carboxylic acids is 1. The Hall–Kier alpha value is -2.16. The average molecular weight is 333 g/mol. The molecule has 9 heteroatoms. The van der Waals surface area contributed by atoms with Crippen LogP contribution in [-0.2, 0) is 9.53 Å². The first-order valence-electron chi connectivity index (χ1n) is 6.77. The number of nitrogens with one attached hydrogen (secondary N) is 2. The minimum atomic E-state index is -4.27. The van der Waals surface area contributed by atoms with Crippen molar-refractivity contribution in [1.82, 2.24) is 15.3 Å². The van der Waals surface area contributed by atoms with Crippen LogP contribution in [0.4, 0.5) is 17.6 Å². The van der Waals surface area contributed by atoms with Crippen molar-refractivity contribution in [2.24, 2.45) is 0 Å². The fourth-order valence-corrected chi connectivity index (χ4v) is 1.87. The van der Waals surface area contributed by atoms with Crippen LogP contribution in [0.5, 0.6) is 0 Å². The highest BCUT2D eigenvalue weighted by Gasteiger charge is 2.41. The van der Waals surface area contributed by atoms with E-state index in [0.29, 0.717) is 5.82 Å². The van der Waals surface area contributed by atoms with Crippen LogP contribution >= 0.6 is 0 Å². The van der Waals surface area contributed by atoms with Crippen LogP contribution in [0.2, 0.25) is 0 Å². The molecule has 2 rings (SSSR count). The van der Waals surface area contributed by atoms with Crippen LogP contribution in [-0.4, -0.2) is 41.4 Å². The number of H-pyrrole nitrogens is 1. The molecule has 0 aliphatic heterocycles. The van der Waals surface area contributed by atoms with Crippen LogP contribution in [0.25, 0.3) is 11.0 Å². The van der Waals surface area contributed by atoms with Gasteiger partial charge in [-0.05, 0) is 19.1 Å². The smallest absolute Gasteiger partial charge is 0.330 e. The quantitative estimate of drug-likeness (QED) is 0.766. The van der Waals surface area contributed by atoms with Gasteiger partial charge in [0.2, 0.25) is 5.91 Å². The molecule has 0 fully saturated rings. The lowest BCUT2D eigenvalue weighted by Crippen LogP contribution is -2.36. The van der Waals surface area contributed by atoms with E-state index in [2.05, 4.69) is 20.0 Å². The van der Waals surface area contributed by atoms with E-state index in [0.717, 1.165) is 11.0 Å². The van der Waals surface area contributed by atoms with Crippen molar-refractivity contribution in [3.8, 4) is 0 Å². The van der Waals surface area contributed by atoms with Gasteiger partial charge in [0, 0.05) is 0 Å². The maximum Gasteiger partial charge on any atom is 0.330 e. The molecule has 126 valence electrons. The van der Waals surface area contributed by atoms with Gasteiger partial charge >= 0.3 is 12.3 Å². The van der Waals surface area contributed by atoms with Crippen LogP contribution in [0, 0.1) is 0 Å². The number of hydrogen-bond donors (Lipinski definition) is 2. The molecule has 2 aromatic rings. The summed E-state index contributed by atoms with van der Waals surface area (Å²) in [6, 6.07) is 6.72. The molecule has 1 amide bonds.